The van der Waals surface area contributed by atoms with E-state index in [0.29, 0.717) is 6.42 Å². The molecule has 0 unspecified atom stereocenters. The third-order valence-electron chi connectivity index (χ3n) is 9.67. The third kappa shape index (κ3) is 5.66. The molecule has 1 heterocycles. The SMILES string of the molecule is CC[C@@H](C)C(=O)OC[C@]12[C@H](OC(=O)c3ccccc3)[C@@H](OC(C)=O)[C@@H]3[C@@H](OC(C)=O)[C@]1(OC3(C)C)[C@@](C)(O)C[C@H](O)[C@@H]2OC(C)=O. The topological polar surface area (TPSA) is 181 Å². The lowest BCUT2D eigenvalue weighted by Crippen LogP contribution is -2.85. The molecule has 10 atom stereocenters. The number of aliphatic hydroxyl groups excluding tert-OH is 1. The molecule has 13 nitrogen and oxygen atoms in total. The monoisotopic (exact) mass is 648 g/mol. The van der Waals surface area contributed by atoms with Crippen molar-refractivity contribution < 1.29 is 62.6 Å². The van der Waals surface area contributed by atoms with Crippen molar-refractivity contribution in [3.63, 3.8) is 0 Å². The molecule has 3 aliphatic rings. The van der Waals surface area contributed by atoms with Crippen LogP contribution in [0.4, 0.5) is 0 Å². The highest BCUT2D eigenvalue weighted by atomic mass is 16.6. The van der Waals surface area contributed by atoms with Gasteiger partial charge in [0.25, 0.3) is 0 Å². The normalized spacial score (nSPS) is 36.4. The molecule has 254 valence electrons. The van der Waals surface area contributed by atoms with Crippen LogP contribution in [0, 0.1) is 17.3 Å². The fourth-order valence-corrected chi connectivity index (χ4v) is 7.80. The van der Waals surface area contributed by atoms with Crippen LogP contribution in [0.1, 0.15) is 78.6 Å². The van der Waals surface area contributed by atoms with Gasteiger partial charge in [-0.1, -0.05) is 32.0 Å². The van der Waals surface area contributed by atoms with Gasteiger partial charge in [-0.3, -0.25) is 19.2 Å². The number of esters is 5. The van der Waals surface area contributed by atoms with Crippen LogP contribution in [-0.2, 0) is 47.6 Å². The van der Waals surface area contributed by atoms with Gasteiger partial charge in [0.15, 0.2) is 11.7 Å². The minimum atomic E-state index is -2.22. The number of fused-ring (bicyclic) bond motifs is 1. The predicted molar refractivity (Wildman–Crippen MR) is 158 cm³/mol. The Bertz CT molecular complexity index is 1360. The van der Waals surface area contributed by atoms with E-state index in [0.717, 1.165) is 20.8 Å². The van der Waals surface area contributed by atoms with Crippen LogP contribution in [0.5, 0.6) is 0 Å². The molecule has 1 saturated heterocycles. The third-order valence-corrected chi connectivity index (χ3v) is 9.67. The van der Waals surface area contributed by atoms with Crippen LogP contribution in [0.25, 0.3) is 0 Å². The number of carbonyl (C=O) groups excluding carboxylic acids is 5. The Kier molecular flexibility index (Phi) is 9.65. The molecule has 1 aromatic carbocycles. The maximum Gasteiger partial charge on any atom is 0.338 e. The number of rotatable bonds is 9. The first-order chi connectivity index (χ1) is 21.4. The van der Waals surface area contributed by atoms with E-state index in [1.807, 2.05) is 0 Å². The Morgan fingerprint density at radius 3 is 2.00 bits per heavy atom. The highest BCUT2D eigenvalue weighted by Crippen LogP contribution is 2.69. The molecule has 4 rings (SSSR count). The van der Waals surface area contributed by atoms with E-state index in [9.17, 15) is 34.2 Å². The van der Waals surface area contributed by atoms with Crippen LogP contribution in [-0.4, -0.2) is 94.0 Å². The average Bonchev–Trinajstić information content (AvgIpc) is 3.16. The summed E-state index contributed by atoms with van der Waals surface area (Å²) in [6, 6.07) is 7.88. The molecule has 2 saturated carbocycles. The Hall–Kier alpha value is -3.55. The molecule has 3 fully saturated rings. The van der Waals surface area contributed by atoms with Crippen LogP contribution in [0.15, 0.2) is 30.3 Å². The van der Waals surface area contributed by atoms with Crippen LogP contribution < -0.4 is 0 Å². The molecule has 2 aliphatic carbocycles. The lowest BCUT2D eigenvalue weighted by Gasteiger charge is -2.66. The fraction of sp³-hybridized carbons (Fsp3) is 0.667. The number of hydrogen-bond donors (Lipinski definition) is 2. The smallest absolute Gasteiger partial charge is 0.338 e. The lowest BCUT2D eigenvalue weighted by atomic mass is 9.45. The molecule has 46 heavy (non-hydrogen) atoms. The van der Waals surface area contributed by atoms with Gasteiger partial charge in [-0.2, -0.15) is 0 Å². The Morgan fingerprint density at radius 1 is 0.891 bits per heavy atom. The summed E-state index contributed by atoms with van der Waals surface area (Å²) in [7, 11) is 0. The first-order valence-electron chi connectivity index (χ1n) is 15.4. The largest absolute Gasteiger partial charge is 0.464 e. The van der Waals surface area contributed by atoms with Crippen molar-refractivity contribution in [2.24, 2.45) is 17.3 Å². The number of ether oxygens (including phenoxy) is 6. The summed E-state index contributed by atoms with van der Waals surface area (Å²) in [6.45, 7) is 10.6. The zero-order valence-electron chi connectivity index (χ0n) is 27.4. The maximum absolute atomic E-state index is 13.8. The zero-order valence-corrected chi connectivity index (χ0v) is 27.4. The minimum Gasteiger partial charge on any atom is -0.464 e. The van der Waals surface area contributed by atoms with Crippen LogP contribution in [0.2, 0.25) is 0 Å². The quantitative estimate of drug-likeness (QED) is 0.294. The lowest BCUT2D eigenvalue weighted by molar-refractivity contribution is -0.363. The van der Waals surface area contributed by atoms with Gasteiger partial charge in [-0.15, -0.1) is 0 Å². The summed E-state index contributed by atoms with van der Waals surface area (Å²) >= 11 is 0. The molecule has 1 aromatic rings. The summed E-state index contributed by atoms with van der Waals surface area (Å²) in [5.41, 5.74) is -7.79. The van der Waals surface area contributed by atoms with E-state index in [4.69, 9.17) is 28.4 Å². The molecule has 2 N–H and O–H groups in total. The van der Waals surface area contributed by atoms with Crippen molar-refractivity contribution in [3.8, 4) is 0 Å². The van der Waals surface area contributed by atoms with Crippen LogP contribution in [0.3, 0.4) is 0 Å². The molecule has 0 radical (unpaired) electrons. The van der Waals surface area contributed by atoms with E-state index in [2.05, 4.69) is 0 Å². The van der Waals surface area contributed by atoms with Crippen molar-refractivity contribution >= 4 is 29.8 Å². The van der Waals surface area contributed by atoms with E-state index >= 15 is 0 Å². The highest BCUT2D eigenvalue weighted by molar-refractivity contribution is 5.89. The molecule has 0 aromatic heterocycles. The second-order valence-corrected chi connectivity index (χ2v) is 13.3. The number of aliphatic hydroxyl groups is 2. The van der Waals surface area contributed by atoms with Gasteiger partial charge in [-0.05, 0) is 39.3 Å². The standard InChI is InChI=1S/C33H44O13/c1-9-17(2)28(38)41-16-32-25(43-19(4)35)22(37)15-31(8,40)33(32)26(44-20(5)36)23(30(6,7)46-33)24(42-18(3)34)27(32)45-29(39)21-13-11-10-12-14-21/h10-14,17,22-27,37,40H,9,15-16H2,1-8H3/t17-,22+,23-,24+,25+,26-,27-,31+,32+,33+/m1/s1. The van der Waals surface area contributed by atoms with Crippen molar-refractivity contribution in [2.75, 3.05) is 6.61 Å². The van der Waals surface area contributed by atoms with E-state index < -0.39 is 107 Å². The zero-order chi connectivity index (χ0) is 34.4. The van der Waals surface area contributed by atoms with Crippen molar-refractivity contribution in [1.82, 2.24) is 0 Å². The number of hydrogen-bond acceptors (Lipinski definition) is 13. The van der Waals surface area contributed by atoms with E-state index in [1.54, 1.807) is 45.9 Å². The van der Waals surface area contributed by atoms with Crippen molar-refractivity contribution in [2.45, 2.75) is 116 Å². The molecule has 13 heteroatoms. The van der Waals surface area contributed by atoms with Crippen LogP contribution >= 0.6 is 0 Å². The van der Waals surface area contributed by atoms with Gasteiger partial charge in [0.05, 0.1) is 34.7 Å². The summed E-state index contributed by atoms with van der Waals surface area (Å²) in [5.74, 6) is -5.72. The number of carbonyl (C=O) groups is 5. The first kappa shape index (κ1) is 35.3. The minimum absolute atomic E-state index is 0.103. The summed E-state index contributed by atoms with van der Waals surface area (Å²) in [6.07, 6.45) is -8.03. The van der Waals surface area contributed by atoms with Crippen molar-refractivity contribution in [1.29, 1.82) is 0 Å². The molecular formula is C33H44O13. The summed E-state index contributed by atoms with van der Waals surface area (Å²) < 4.78 is 36.5. The highest BCUT2D eigenvalue weighted by Gasteiger charge is 2.88. The Balaban J connectivity index is 2.13. The molecular weight excluding hydrogens is 604 g/mol. The van der Waals surface area contributed by atoms with Gasteiger partial charge in [0.2, 0.25) is 0 Å². The molecule has 1 aliphatic heterocycles. The first-order valence-corrected chi connectivity index (χ1v) is 15.4. The van der Waals surface area contributed by atoms with Gasteiger partial charge in [-0.25, -0.2) is 4.79 Å². The van der Waals surface area contributed by atoms with Gasteiger partial charge >= 0.3 is 29.8 Å². The fourth-order valence-electron chi connectivity index (χ4n) is 7.80. The maximum atomic E-state index is 13.8. The summed E-state index contributed by atoms with van der Waals surface area (Å²) in [4.78, 5) is 65.3. The van der Waals surface area contributed by atoms with E-state index in [1.165, 1.54) is 19.1 Å². The predicted octanol–water partition coefficient (Wildman–Crippen LogP) is 2.28. The molecule has 2 bridgehead atoms. The number of benzene rings is 1. The molecule has 0 amide bonds. The van der Waals surface area contributed by atoms with E-state index in [-0.39, 0.29) is 5.56 Å². The Morgan fingerprint density at radius 2 is 1.46 bits per heavy atom. The van der Waals surface area contributed by atoms with Gasteiger partial charge in [0, 0.05) is 27.2 Å². The Labute approximate surface area is 267 Å². The van der Waals surface area contributed by atoms with Crippen molar-refractivity contribution in [3.05, 3.63) is 35.9 Å². The van der Waals surface area contributed by atoms with Gasteiger partial charge in [0.1, 0.15) is 30.3 Å². The molecule has 1 spiro atoms. The second-order valence-electron chi connectivity index (χ2n) is 13.3. The van der Waals surface area contributed by atoms with Gasteiger partial charge < -0.3 is 38.6 Å². The average molecular weight is 649 g/mol. The second kappa shape index (κ2) is 12.6. The summed E-state index contributed by atoms with van der Waals surface area (Å²) in [5, 5.41) is 24.0.